The smallest absolute Gasteiger partial charge is 0.0245 e. The minimum atomic E-state index is 1.11. The summed E-state index contributed by atoms with van der Waals surface area (Å²) in [7, 11) is 0. The van der Waals surface area contributed by atoms with Crippen molar-refractivity contribution in [2.45, 2.75) is 44.9 Å². The van der Waals surface area contributed by atoms with Gasteiger partial charge in [-0.05, 0) is 44.6 Å². The molecule has 0 amide bonds. The first-order chi connectivity index (χ1) is 5.50. The van der Waals surface area contributed by atoms with Crippen LogP contribution in [0.3, 0.4) is 0 Å². The lowest BCUT2D eigenvalue weighted by atomic mass is 10.1. The van der Waals surface area contributed by atoms with E-state index in [0.717, 1.165) is 6.42 Å². The SMILES string of the molecule is [C]1=C\CCCCC/C=C/CC/1. The highest BCUT2D eigenvalue weighted by Gasteiger charge is 1.87. The minimum absolute atomic E-state index is 1.11. The number of rotatable bonds is 0. The van der Waals surface area contributed by atoms with Crippen molar-refractivity contribution in [3.05, 3.63) is 24.3 Å². The molecule has 0 aromatic heterocycles. The molecule has 0 aliphatic heterocycles. The fraction of sp³-hybridized carbons (Fsp3) is 0.636. The molecule has 1 radical (unpaired) electrons. The highest BCUT2D eigenvalue weighted by molar-refractivity contribution is 4.85. The Kier molecular flexibility index (Phi) is 4.84. The topological polar surface area (TPSA) is 0 Å². The van der Waals surface area contributed by atoms with Gasteiger partial charge in [0.25, 0.3) is 0 Å². The molecule has 1 aliphatic rings. The average molecular weight is 149 g/mol. The summed E-state index contributed by atoms with van der Waals surface area (Å²) < 4.78 is 0. The summed E-state index contributed by atoms with van der Waals surface area (Å²) in [6.45, 7) is 0. The Morgan fingerprint density at radius 2 is 1.64 bits per heavy atom. The van der Waals surface area contributed by atoms with Crippen molar-refractivity contribution in [3.63, 3.8) is 0 Å². The fourth-order valence-electron chi connectivity index (χ4n) is 1.29. The van der Waals surface area contributed by atoms with Gasteiger partial charge in [-0.25, -0.2) is 0 Å². The predicted molar refractivity (Wildman–Crippen MR) is 49.3 cm³/mol. The van der Waals surface area contributed by atoms with E-state index in [4.69, 9.17) is 0 Å². The predicted octanol–water partition coefficient (Wildman–Crippen LogP) is 3.65. The maximum Gasteiger partial charge on any atom is -0.0245 e. The highest BCUT2D eigenvalue weighted by Crippen LogP contribution is 2.07. The maximum absolute atomic E-state index is 3.31. The molecule has 0 aromatic rings. The Balaban J connectivity index is 2.22. The van der Waals surface area contributed by atoms with E-state index in [0.29, 0.717) is 0 Å². The van der Waals surface area contributed by atoms with Gasteiger partial charge in [0.05, 0.1) is 0 Å². The molecular weight excluding hydrogens is 132 g/mol. The Morgan fingerprint density at radius 3 is 2.64 bits per heavy atom. The molecule has 0 heterocycles. The molecule has 0 heteroatoms. The van der Waals surface area contributed by atoms with E-state index in [1.807, 2.05) is 0 Å². The highest BCUT2D eigenvalue weighted by atomic mass is 13.9. The zero-order valence-electron chi connectivity index (χ0n) is 7.18. The zero-order valence-corrected chi connectivity index (χ0v) is 7.18. The molecule has 0 bridgehead atoms. The van der Waals surface area contributed by atoms with E-state index in [1.165, 1.54) is 38.5 Å². The normalized spacial score (nSPS) is 26.9. The summed E-state index contributed by atoms with van der Waals surface area (Å²) in [5.41, 5.74) is 0. The second-order valence-corrected chi connectivity index (χ2v) is 3.06. The molecule has 1 rings (SSSR count). The molecule has 61 valence electrons. The van der Waals surface area contributed by atoms with Gasteiger partial charge in [-0.15, -0.1) is 0 Å². The van der Waals surface area contributed by atoms with Crippen LogP contribution in [0.25, 0.3) is 0 Å². The first kappa shape index (κ1) is 8.58. The van der Waals surface area contributed by atoms with Crippen molar-refractivity contribution in [3.8, 4) is 0 Å². The molecule has 0 nitrogen and oxygen atoms in total. The standard InChI is InChI=1S/C11H17/c1-2-4-6-8-10-11-9-7-5-3-1/h1-2,10H,3-7,9,11H2/b2-1+,10-8?. The van der Waals surface area contributed by atoms with Gasteiger partial charge in [-0.1, -0.05) is 24.6 Å². The Hall–Kier alpha value is -0.520. The monoisotopic (exact) mass is 149 g/mol. The molecule has 0 saturated heterocycles. The molecule has 0 atom stereocenters. The van der Waals surface area contributed by atoms with Crippen LogP contribution >= 0.6 is 0 Å². The molecule has 1 aliphatic carbocycles. The largest absolute Gasteiger partial charge is 0.0885 e. The van der Waals surface area contributed by atoms with Gasteiger partial charge < -0.3 is 0 Å². The summed E-state index contributed by atoms with van der Waals surface area (Å²) in [6.07, 6.45) is 19.0. The van der Waals surface area contributed by atoms with Gasteiger partial charge in [0.15, 0.2) is 0 Å². The third kappa shape index (κ3) is 4.83. The molecule has 11 heavy (non-hydrogen) atoms. The summed E-state index contributed by atoms with van der Waals surface area (Å²) >= 11 is 0. The van der Waals surface area contributed by atoms with Crippen molar-refractivity contribution < 1.29 is 0 Å². The first-order valence-corrected chi connectivity index (χ1v) is 4.70. The van der Waals surface area contributed by atoms with E-state index in [1.54, 1.807) is 0 Å². The van der Waals surface area contributed by atoms with Gasteiger partial charge in [-0.2, -0.15) is 0 Å². The van der Waals surface area contributed by atoms with Gasteiger partial charge in [-0.3, -0.25) is 0 Å². The van der Waals surface area contributed by atoms with Crippen molar-refractivity contribution in [1.82, 2.24) is 0 Å². The number of allylic oxidation sites excluding steroid dienone is 4. The first-order valence-electron chi connectivity index (χ1n) is 4.70. The van der Waals surface area contributed by atoms with Gasteiger partial charge >= 0.3 is 0 Å². The molecule has 0 N–H and O–H groups in total. The Bertz CT molecular complexity index is 115. The lowest BCUT2D eigenvalue weighted by Gasteiger charge is -1.93. The van der Waals surface area contributed by atoms with E-state index in [-0.39, 0.29) is 0 Å². The van der Waals surface area contributed by atoms with Gasteiger partial charge in [0, 0.05) is 0 Å². The minimum Gasteiger partial charge on any atom is -0.0885 e. The van der Waals surface area contributed by atoms with E-state index in [2.05, 4.69) is 24.3 Å². The summed E-state index contributed by atoms with van der Waals surface area (Å²) in [6, 6.07) is 0. The number of hydrogen-bond donors (Lipinski definition) is 0. The molecule has 0 saturated carbocycles. The van der Waals surface area contributed by atoms with E-state index < -0.39 is 0 Å². The van der Waals surface area contributed by atoms with Crippen LogP contribution in [-0.2, 0) is 0 Å². The molecule has 0 aromatic carbocycles. The lowest BCUT2D eigenvalue weighted by Crippen LogP contribution is -1.73. The van der Waals surface area contributed by atoms with Crippen molar-refractivity contribution in [2.75, 3.05) is 0 Å². The molecule has 0 unspecified atom stereocenters. The Morgan fingerprint density at radius 1 is 0.818 bits per heavy atom. The fourth-order valence-corrected chi connectivity index (χ4v) is 1.29. The van der Waals surface area contributed by atoms with E-state index >= 15 is 0 Å². The van der Waals surface area contributed by atoms with Crippen molar-refractivity contribution in [1.29, 1.82) is 0 Å². The van der Waals surface area contributed by atoms with Crippen LogP contribution in [0, 0.1) is 6.08 Å². The second-order valence-electron chi connectivity index (χ2n) is 3.06. The van der Waals surface area contributed by atoms with Crippen LogP contribution in [0.1, 0.15) is 44.9 Å². The zero-order chi connectivity index (χ0) is 7.78. The second kappa shape index (κ2) is 6.21. The lowest BCUT2D eigenvalue weighted by molar-refractivity contribution is 0.696. The summed E-state index contributed by atoms with van der Waals surface area (Å²) in [5, 5.41) is 0. The van der Waals surface area contributed by atoms with Crippen LogP contribution in [0.2, 0.25) is 0 Å². The molecular formula is C11H17. The van der Waals surface area contributed by atoms with Crippen LogP contribution < -0.4 is 0 Å². The maximum atomic E-state index is 3.31. The van der Waals surface area contributed by atoms with Gasteiger partial charge in [0.2, 0.25) is 0 Å². The van der Waals surface area contributed by atoms with Crippen LogP contribution in [0.4, 0.5) is 0 Å². The number of hydrogen-bond acceptors (Lipinski definition) is 0. The summed E-state index contributed by atoms with van der Waals surface area (Å²) in [5.74, 6) is 0. The van der Waals surface area contributed by atoms with Gasteiger partial charge in [0.1, 0.15) is 0 Å². The van der Waals surface area contributed by atoms with Crippen LogP contribution in [-0.4, -0.2) is 0 Å². The van der Waals surface area contributed by atoms with Crippen LogP contribution in [0.15, 0.2) is 18.2 Å². The van der Waals surface area contributed by atoms with Crippen molar-refractivity contribution in [2.24, 2.45) is 0 Å². The third-order valence-electron chi connectivity index (χ3n) is 1.99. The van der Waals surface area contributed by atoms with Crippen molar-refractivity contribution >= 4 is 0 Å². The quantitative estimate of drug-likeness (QED) is 0.461. The molecule has 0 spiro atoms. The van der Waals surface area contributed by atoms with E-state index in [9.17, 15) is 0 Å². The molecule has 0 fully saturated rings. The van der Waals surface area contributed by atoms with Crippen LogP contribution in [0.5, 0.6) is 0 Å². The summed E-state index contributed by atoms with van der Waals surface area (Å²) in [4.78, 5) is 0. The third-order valence-corrected chi connectivity index (χ3v) is 1.99. The Labute approximate surface area is 70.0 Å². The average Bonchev–Trinajstić information content (AvgIpc) is 2.08.